The summed E-state index contributed by atoms with van der Waals surface area (Å²) in [5.74, 6) is 0. The normalized spacial score (nSPS) is 17.6. The van der Waals surface area contributed by atoms with Crippen LogP contribution in [0.2, 0.25) is 0 Å². The van der Waals surface area contributed by atoms with Crippen molar-refractivity contribution in [1.82, 2.24) is 15.2 Å². The third kappa shape index (κ3) is 5.27. The maximum absolute atomic E-state index is 5.48. The van der Waals surface area contributed by atoms with Crippen LogP contribution in [0.1, 0.15) is 31.7 Å². The van der Waals surface area contributed by atoms with Crippen molar-refractivity contribution in [1.29, 1.82) is 0 Å². The first-order valence-corrected chi connectivity index (χ1v) is 7.22. The van der Waals surface area contributed by atoms with Crippen molar-refractivity contribution >= 4 is 0 Å². The second-order valence-corrected chi connectivity index (χ2v) is 5.40. The predicted molar refractivity (Wildman–Crippen MR) is 76.9 cm³/mol. The van der Waals surface area contributed by atoms with Gasteiger partial charge in [0.1, 0.15) is 0 Å². The van der Waals surface area contributed by atoms with E-state index in [9.17, 15) is 0 Å². The minimum absolute atomic E-state index is 0.494. The smallest absolute Gasteiger partial charge is 0.0593 e. The Balaban J connectivity index is 1.90. The van der Waals surface area contributed by atoms with Crippen LogP contribution < -0.4 is 5.32 Å². The van der Waals surface area contributed by atoms with Gasteiger partial charge in [0.2, 0.25) is 0 Å². The summed E-state index contributed by atoms with van der Waals surface area (Å²) in [5.41, 5.74) is 2.28. The third-order valence-corrected chi connectivity index (χ3v) is 3.26. The summed E-state index contributed by atoms with van der Waals surface area (Å²) in [6.07, 6.45) is 1.12. The number of hydrogen-bond donors (Lipinski definition) is 1. The van der Waals surface area contributed by atoms with Gasteiger partial charge in [-0.3, -0.25) is 9.88 Å². The molecule has 0 saturated carbocycles. The Morgan fingerprint density at radius 2 is 2.11 bits per heavy atom. The summed E-state index contributed by atoms with van der Waals surface area (Å²) in [6.45, 7) is 9.93. The number of aromatic nitrogens is 1. The second-order valence-electron chi connectivity index (χ2n) is 5.40. The molecule has 1 aromatic heterocycles. The van der Waals surface area contributed by atoms with Crippen LogP contribution in [0, 0.1) is 0 Å². The summed E-state index contributed by atoms with van der Waals surface area (Å²) in [7, 11) is 0. The largest absolute Gasteiger partial charge is 0.380 e. The molecule has 0 amide bonds. The van der Waals surface area contributed by atoms with Gasteiger partial charge in [-0.1, -0.05) is 19.9 Å². The number of ether oxygens (including phenoxy) is 1. The van der Waals surface area contributed by atoms with E-state index in [1.165, 1.54) is 0 Å². The Hall–Kier alpha value is -0.970. The van der Waals surface area contributed by atoms with Crippen molar-refractivity contribution in [2.24, 2.45) is 0 Å². The van der Waals surface area contributed by atoms with Crippen LogP contribution >= 0.6 is 0 Å². The van der Waals surface area contributed by atoms with E-state index in [1.54, 1.807) is 0 Å². The summed E-state index contributed by atoms with van der Waals surface area (Å²) in [5, 5.41) is 3.41. The van der Waals surface area contributed by atoms with Crippen molar-refractivity contribution < 1.29 is 4.74 Å². The van der Waals surface area contributed by atoms with Crippen LogP contribution in [0.25, 0.3) is 0 Å². The number of hydrogen-bond acceptors (Lipinski definition) is 4. The van der Waals surface area contributed by atoms with Crippen LogP contribution in [0.3, 0.4) is 0 Å². The molecule has 0 unspecified atom stereocenters. The fourth-order valence-corrected chi connectivity index (χ4v) is 2.21. The SMILES string of the molecule is CC(C)NCc1cccc(CN2CCCOCC2)n1. The van der Waals surface area contributed by atoms with Crippen molar-refractivity contribution in [2.45, 2.75) is 39.4 Å². The van der Waals surface area contributed by atoms with E-state index in [0.717, 1.165) is 57.2 Å². The quantitative estimate of drug-likeness (QED) is 0.879. The molecule has 19 heavy (non-hydrogen) atoms. The van der Waals surface area contributed by atoms with Crippen molar-refractivity contribution in [3.63, 3.8) is 0 Å². The van der Waals surface area contributed by atoms with E-state index in [0.29, 0.717) is 6.04 Å². The maximum Gasteiger partial charge on any atom is 0.0593 e. The molecule has 0 atom stereocenters. The van der Waals surface area contributed by atoms with E-state index in [2.05, 4.69) is 42.3 Å². The Morgan fingerprint density at radius 3 is 2.95 bits per heavy atom. The van der Waals surface area contributed by atoms with Gasteiger partial charge in [-0.25, -0.2) is 0 Å². The molecule has 0 bridgehead atoms. The van der Waals surface area contributed by atoms with Gasteiger partial charge in [0, 0.05) is 38.8 Å². The van der Waals surface area contributed by atoms with Crippen LogP contribution in [0.15, 0.2) is 18.2 Å². The van der Waals surface area contributed by atoms with Crippen molar-refractivity contribution in [3.05, 3.63) is 29.6 Å². The average molecular weight is 263 g/mol. The van der Waals surface area contributed by atoms with Crippen molar-refractivity contribution in [2.75, 3.05) is 26.3 Å². The summed E-state index contributed by atoms with van der Waals surface area (Å²) in [4.78, 5) is 7.15. The lowest BCUT2D eigenvalue weighted by atomic mass is 10.2. The molecule has 1 aromatic rings. The molecular formula is C15H25N3O. The molecule has 4 nitrogen and oxygen atoms in total. The molecule has 1 fully saturated rings. The highest BCUT2D eigenvalue weighted by atomic mass is 16.5. The highest BCUT2D eigenvalue weighted by Gasteiger charge is 2.10. The van der Waals surface area contributed by atoms with Crippen LogP contribution in [0.5, 0.6) is 0 Å². The van der Waals surface area contributed by atoms with Gasteiger partial charge in [0.25, 0.3) is 0 Å². The third-order valence-electron chi connectivity index (χ3n) is 3.26. The molecule has 0 aliphatic carbocycles. The van der Waals surface area contributed by atoms with E-state index in [4.69, 9.17) is 9.72 Å². The van der Waals surface area contributed by atoms with Gasteiger partial charge in [-0.05, 0) is 18.6 Å². The standard InChI is InChI=1S/C15H25N3O/c1-13(2)16-11-14-5-3-6-15(17-14)12-18-7-4-9-19-10-8-18/h3,5-6,13,16H,4,7-12H2,1-2H3. The first kappa shape index (κ1) is 14.4. The highest BCUT2D eigenvalue weighted by Crippen LogP contribution is 2.07. The molecule has 106 valence electrons. The van der Waals surface area contributed by atoms with E-state index in [-0.39, 0.29) is 0 Å². The lowest BCUT2D eigenvalue weighted by molar-refractivity contribution is 0.140. The van der Waals surface area contributed by atoms with Crippen molar-refractivity contribution in [3.8, 4) is 0 Å². The molecule has 1 aliphatic heterocycles. The monoisotopic (exact) mass is 263 g/mol. The Bertz CT molecular complexity index is 373. The van der Waals surface area contributed by atoms with Crippen LogP contribution in [0.4, 0.5) is 0 Å². The number of rotatable bonds is 5. The fraction of sp³-hybridized carbons (Fsp3) is 0.667. The summed E-state index contributed by atoms with van der Waals surface area (Å²) < 4.78 is 5.48. The molecule has 4 heteroatoms. The first-order chi connectivity index (χ1) is 9.24. The van der Waals surface area contributed by atoms with E-state index < -0.39 is 0 Å². The lowest BCUT2D eigenvalue weighted by Gasteiger charge is -2.18. The topological polar surface area (TPSA) is 37.4 Å². The highest BCUT2D eigenvalue weighted by molar-refractivity contribution is 5.11. The number of nitrogens with zero attached hydrogens (tertiary/aromatic N) is 2. The van der Waals surface area contributed by atoms with E-state index in [1.807, 2.05) is 0 Å². The Labute approximate surface area is 116 Å². The molecule has 1 aliphatic rings. The Morgan fingerprint density at radius 1 is 1.26 bits per heavy atom. The first-order valence-electron chi connectivity index (χ1n) is 7.22. The van der Waals surface area contributed by atoms with Gasteiger partial charge in [-0.15, -0.1) is 0 Å². The predicted octanol–water partition coefficient (Wildman–Crippen LogP) is 1.80. The molecule has 0 radical (unpaired) electrons. The molecule has 0 aromatic carbocycles. The van der Waals surface area contributed by atoms with Gasteiger partial charge >= 0.3 is 0 Å². The number of pyridine rings is 1. The zero-order valence-electron chi connectivity index (χ0n) is 12.1. The van der Waals surface area contributed by atoms with Gasteiger partial charge in [0.15, 0.2) is 0 Å². The zero-order valence-corrected chi connectivity index (χ0v) is 12.1. The fourth-order valence-electron chi connectivity index (χ4n) is 2.21. The molecule has 2 heterocycles. The maximum atomic E-state index is 5.48. The Kier molecular flexibility index (Phi) is 5.76. The lowest BCUT2D eigenvalue weighted by Crippen LogP contribution is -2.27. The molecule has 0 spiro atoms. The van der Waals surface area contributed by atoms with Crippen LogP contribution in [-0.2, 0) is 17.8 Å². The summed E-state index contributed by atoms with van der Waals surface area (Å²) >= 11 is 0. The average Bonchev–Trinajstić information content (AvgIpc) is 2.65. The number of nitrogens with one attached hydrogen (secondary N) is 1. The van der Waals surface area contributed by atoms with Gasteiger partial charge in [-0.2, -0.15) is 0 Å². The van der Waals surface area contributed by atoms with E-state index >= 15 is 0 Å². The van der Waals surface area contributed by atoms with Gasteiger partial charge < -0.3 is 10.1 Å². The second kappa shape index (κ2) is 7.58. The minimum Gasteiger partial charge on any atom is -0.380 e. The minimum atomic E-state index is 0.494. The molecule has 1 N–H and O–H groups in total. The zero-order chi connectivity index (χ0) is 13.5. The van der Waals surface area contributed by atoms with Gasteiger partial charge in [0.05, 0.1) is 18.0 Å². The van der Waals surface area contributed by atoms with Crippen LogP contribution in [-0.4, -0.2) is 42.2 Å². The molecular weight excluding hydrogens is 238 g/mol. The molecule has 2 rings (SSSR count). The molecule has 1 saturated heterocycles. The summed E-state index contributed by atoms with van der Waals surface area (Å²) in [6, 6.07) is 6.80.